The Morgan fingerprint density at radius 3 is 2.54 bits per heavy atom. The first-order valence-electron chi connectivity index (χ1n) is 9.54. The number of furan rings is 2. The van der Waals surface area contributed by atoms with Gasteiger partial charge in [-0.2, -0.15) is 0 Å². The summed E-state index contributed by atoms with van der Waals surface area (Å²) in [5, 5.41) is 0. The van der Waals surface area contributed by atoms with Crippen LogP contribution in [0.25, 0.3) is 0 Å². The van der Waals surface area contributed by atoms with Crippen LogP contribution >= 0.6 is 0 Å². The summed E-state index contributed by atoms with van der Waals surface area (Å²) in [5.74, 6) is -2.48. The highest BCUT2D eigenvalue weighted by atomic mass is 16.5. The molecule has 8 nitrogen and oxygen atoms in total. The van der Waals surface area contributed by atoms with Crippen molar-refractivity contribution in [1.82, 2.24) is 4.90 Å². The molecule has 4 heterocycles. The predicted molar refractivity (Wildman–Crippen MR) is 95.7 cm³/mol. The number of carbonyl (C=O) groups is 3. The number of nitrogens with one attached hydrogen (secondary N) is 1. The molecular weight excluding hydrogens is 364 g/mol. The minimum atomic E-state index is -1.15. The maximum Gasteiger partial charge on any atom is 0.291 e. The number of ketones is 2. The van der Waals surface area contributed by atoms with Gasteiger partial charge in [0.25, 0.3) is 5.91 Å². The van der Waals surface area contributed by atoms with Gasteiger partial charge in [-0.05, 0) is 24.3 Å². The van der Waals surface area contributed by atoms with E-state index in [1.807, 2.05) is 0 Å². The van der Waals surface area contributed by atoms with Gasteiger partial charge < -0.3 is 23.4 Å². The number of rotatable bonds is 7. The molecule has 2 unspecified atom stereocenters. The van der Waals surface area contributed by atoms with Gasteiger partial charge in [0.05, 0.1) is 32.3 Å². The van der Waals surface area contributed by atoms with E-state index in [2.05, 4.69) is 0 Å². The average Bonchev–Trinajstić information content (AvgIpc) is 3.46. The first-order valence-corrected chi connectivity index (χ1v) is 9.54. The standard InChI is InChI=1S/C20H22N2O6/c23-18(15-5-2-11-28-15)16-17(14-4-1-10-27-14)22(20(25)19(16)24)7-3-6-21-8-12-26-13-9-21/h1-2,4-5,10-11,16-17H,3,6-9,12-13H2/p+1. The molecule has 0 aliphatic carbocycles. The summed E-state index contributed by atoms with van der Waals surface area (Å²) in [6.45, 7) is 4.63. The van der Waals surface area contributed by atoms with Crippen molar-refractivity contribution in [1.29, 1.82) is 0 Å². The van der Waals surface area contributed by atoms with Crippen LogP contribution in [0.2, 0.25) is 0 Å². The highest BCUT2D eigenvalue weighted by Crippen LogP contribution is 2.38. The van der Waals surface area contributed by atoms with Crippen LogP contribution in [-0.2, 0) is 14.3 Å². The van der Waals surface area contributed by atoms with Crippen LogP contribution in [0, 0.1) is 5.92 Å². The van der Waals surface area contributed by atoms with Crippen LogP contribution in [-0.4, -0.2) is 61.8 Å². The van der Waals surface area contributed by atoms with Crippen LogP contribution in [0.15, 0.2) is 45.6 Å². The molecule has 28 heavy (non-hydrogen) atoms. The van der Waals surface area contributed by atoms with E-state index in [1.54, 1.807) is 18.2 Å². The molecule has 1 N–H and O–H groups in total. The van der Waals surface area contributed by atoms with E-state index in [4.69, 9.17) is 13.6 Å². The number of hydrogen-bond acceptors (Lipinski definition) is 6. The summed E-state index contributed by atoms with van der Waals surface area (Å²) in [4.78, 5) is 41.2. The van der Waals surface area contributed by atoms with Gasteiger partial charge in [-0.15, -0.1) is 0 Å². The summed E-state index contributed by atoms with van der Waals surface area (Å²) < 4.78 is 16.0. The van der Waals surface area contributed by atoms with E-state index in [1.165, 1.54) is 28.4 Å². The molecule has 2 aromatic rings. The monoisotopic (exact) mass is 387 g/mol. The minimum Gasteiger partial charge on any atom is -0.467 e. The van der Waals surface area contributed by atoms with Gasteiger partial charge in [0.2, 0.25) is 11.6 Å². The average molecular weight is 387 g/mol. The number of hydrogen-bond donors (Lipinski definition) is 1. The molecule has 2 aromatic heterocycles. The Hall–Kier alpha value is -2.71. The van der Waals surface area contributed by atoms with Crippen LogP contribution in [0.4, 0.5) is 0 Å². The number of Topliss-reactive ketones (excluding diaryl/α,β-unsaturated/α-hetero) is 2. The minimum absolute atomic E-state index is 0.0716. The first kappa shape index (κ1) is 18.6. The zero-order valence-corrected chi connectivity index (χ0v) is 15.5. The Balaban J connectivity index is 1.53. The summed E-state index contributed by atoms with van der Waals surface area (Å²) in [7, 11) is 0. The fraction of sp³-hybridized carbons (Fsp3) is 0.450. The van der Waals surface area contributed by atoms with Gasteiger partial charge in [0.1, 0.15) is 30.8 Å². The molecular formula is C20H23N2O6+. The first-order chi connectivity index (χ1) is 13.7. The van der Waals surface area contributed by atoms with Gasteiger partial charge in [0.15, 0.2) is 5.76 Å². The molecule has 0 aromatic carbocycles. The van der Waals surface area contributed by atoms with E-state index in [-0.39, 0.29) is 5.76 Å². The maximum absolute atomic E-state index is 12.9. The predicted octanol–water partition coefficient (Wildman–Crippen LogP) is 0.129. The fourth-order valence-electron chi connectivity index (χ4n) is 3.99. The third-order valence-electron chi connectivity index (χ3n) is 5.42. The number of likely N-dealkylation sites (tertiary alicyclic amines) is 1. The van der Waals surface area contributed by atoms with Crippen LogP contribution < -0.4 is 4.90 Å². The van der Waals surface area contributed by atoms with Gasteiger partial charge >= 0.3 is 0 Å². The number of carbonyl (C=O) groups excluding carboxylic acids is 3. The Morgan fingerprint density at radius 1 is 1.11 bits per heavy atom. The maximum atomic E-state index is 12.9. The summed E-state index contributed by atoms with van der Waals surface area (Å²) in [6, 6.07) is 5.72. The summed E-state index contributed by atoms with van der Waals surface area (Å²) >= 11 is 0. The van der Waals surface area contributed by atoms with E-state index in [9.17, 15) is 14.4 Å². The quantitative estimate of drug-likeness (QED) is 0.412. The lowest BCUT2D eigenvalue weighted by Gasteiger charge is -2.27. The topological polar surface area (TPSA) is 94.4 Å². The van der Waals surface area contributed by atoms with Crippen LogP contribution in [0.1, 0.15) is 28.8 Å². The molecule has 2 atom stereocenters. The molecule has 1 amide bonds. The van der Waals surface area contributed by atoms with Gasteiger partial charge in [0, 0.05) is 13.0 Å². The fourth-order valence-corrected chi connectivity index (χ4v) is 3.99. The normalized spacial score (nSPS) is 23.5. The largest absolute Gasteiger partial charge is 0.467 e. The highest BCUT2D eigenvalue weighted by Gasteiger charge is 2.53. The van der Waals surface area contributed by atoms with E-state index in [0.717, 1.165) is 39.3 Å². The number of nitrogens with zero attached hydrogens (tertiary/aromatic N) is 1. The van der Waals surface area contributed by atoms with Crippen molar-refractivity contribution in [3.8, 4) is 0 Å². The molecule has 4 rings (SSSR count). The zero-order valence-electron chi connectivity index (χ0n) is 15.5. The smallest absolute Gasteiger partial charge is 0.291 e. The summed E-state index contributed by atoms with van der Waals surface area (Å²) in [5.41, 5.74) is 0. The second-order valence-corrected chi connectivity index (χ2v) is 7.11. The van der Waals surface area contributed by atoms with Crippen molar-refractivity contribution < 1.29 is 32.9 Å². The van der Waals surface area contributed by atoms with Crippen LogP contribution in [0.5, 0.6) is 0 Å². The van der Waals surface area contributed by atoms with Crippen LogP contribution in [0.3, 0.4) is 0 Å². The molecule has 0 saturated carbocycles. The molecule has 0 radical (unpaired) electrons. The van der Waals surface area contributed by atoms with E-state index >= 15 is 0 Å². The van der Waals surface area contributed by atoms with Crippen molar-refractivity contribution in [3.63, 3.8) is 0 Å². The van der Waals surface area contributed by atoms with E-state index < -0.39 is 29.4 Å². The number of quaternary nitrogens is 1. The van der Waals surface area contributed by atoms with E-state index in [0.29, 0.717) is 12.3 Å². The van der Waals surface area contributed by atoms with Gasteiger partial charge in [-0.25, -0.2) is 0 Å². The Kier molecular flexibility index (Phi) is 5.40. The molecule has 0 bridgehead atoms. The molecule has 2 aliphatic rings. The summed E-state index contributed by atoms with van der Waals surface area (Å²) in [6.07, 6.45) is 3.58. The molecule has 148 valence electrons. The Morgan fingerprint density at radius 2 is 1.86 bits per heavy atom. The third-order valence-corrected chi connectivity index (χ3v) is 5.42. The van der Waals surface area contributed by atoms with Gasteiger partial charge in [-0.1, -0.05) is 0 Å². The van der Waals surface area contributed by atoms with Crippen molar-refractivity contribution in [2.24, 2.45) is 5.92 Å². The highest BCUT2D eigenvalue weighted by molar-refractivity contribution is 6.43. The molecule has 2 saturated heterocycles. The number of ether oxygens (including phenoxy) is 1. The van der Waals surface area contributed by atoms with Crippen molar-refractivity contribution in [3.05, 3.63) is 48.3 Å². The third kappa shape index (κ3) is 3.53. The lowest BCUT2D eigenvalue weighted by Crippen LogP contribution is -3.14. The molecule has 2 aliphatic heterocycles. The Labute approximate surface area is 162 Å². The molecule has 8 heteroatoms. The lowest BCUT2D eigenvalue weighted by molar-refractivity contribution is -0.908. The number of amides is 1. The second-order valence-electron chi connectivity index (χ2n) is 7.11. The number of morpholine rings is 1. The van der Waals surface area contributed by atoms with Crippen molar-refractivity contribution in [2.45, 2.75) is 12.5 Å². The molecule has 2 fully saturated rings. The van der Waals surface area contributed by atoms with Crippen molar-refractivity contribution >= 4 is 17.5 Å². The van der Waals surface area contributed by atoms with Gasteiger partial charge in [-0.3, -0.25) is 14.4 Å². The van der Waals surface area contributed by atoms with Crippen molar-refractivity contribution in [2.75, 3.05) is 39.4 Å². The SMILES string of the molecule is O=C1C(=O)N(CCC[NH+]2CCOCC2)C(c2ccco2)C1C(=O)c1ccco1. The lowest BCUT2D eigenvalue weighted by atomic mass is 9.91. The second kappa shape index (κ2) is 8.12. The molecule has 0 spiro atoms. The Bertz CT molecular complexity index is 823. The zero-order chi connectivity index (χ0) is 19.5.